The van der Waals surface area contributed by atoms with Gasteiger partial charge in [-0.1, -0.05) is 6.92 Å². The first-order valence-electron chi connectivity index (χ1n) is 6.86. The molecule has 0 aromatic carbocycles. The Morgan fingerprint density at radius 2 is 2.15 bits per heavy atom. The topological polar surface area (TPSA) is 73.6 Å². The first-order valence-corrected chi connectivity index (χ1v) is 6.86. The van der Waals surface area contributed by atoms with Gasteiger partial charge < -0.3 is 4.79 Å². The summed E-state index contributed by atoms with van der Waals surface area (Å²) in [5.74, 6) is 3.39. The van der Waals surface area contributed by atoms with Crippen LogP contribution in [0, 0.1) is 19.8 Å². The monoisotopic (exact) mass is 271 g/mol. The minimum Gasteiger partial charge on any atom is -0.303 e. The zero-order chi connectivity index (χ0) is 14.3. The van der Waals surface area contributed by atoms with Crippen LogP contribution in [0.3, 0.4) is 0 Å². The second-order valence-electron chi connectivity index (χ2n) is 5.18. The molecule has 2 atom stereocenters. The molecule has 2 aromatic heterocycles. The van der Waals surface area contributed by atoms with Crippen molar-refractivity contribution >= 4 is 6.29 Å². The van der Waals surface area contributed by atoms with E-state index >= 15 is 0 Å². The van der Waals surface area contributed by atoms with E-state index in [0.29, 0.717) is 0 Å². The maximum atomic E-state index is 10.8. The molecular formula is C14H17N5O. The van der Waals surface area contributed by atoms with Crippen LogP contribution in [0.25, 0.3) is 5.82 Å². The normalized spacial score (nSPS) is 20.9. The van der Waals surface area contributed by atoms with Crippen molar-refractivity contribution in [2.45, 2.75) is 39.5 Å². The third-order valence-corrected chi connectivity index (χ3v) is 3.58. The molecule has 1 unspecified atom stereocenters. The zero-order valence-electron chi connectivity index (χ0n) is 11.9. The number of aldehydes is 1. The molecule has 0 amide bonds. The predicted molar refractivity (Wildman–Crippen MR) is 72.7 cm³/mol. The SMILES string of the molecule is CCc1nc(C2C[C@@H]2C=O)cc(-n2nc(C)nc2C)n1. The van der Waals surface area contributed by atoms with Crippen molar-refractivity contribution < 1.29 is 4.79 Å². The molecule has 2 heterocycles. The molecule has 1 aliphatic carbocycles. The van der Waals surface area contributed by atoms with E-state index in [1.807, 2.05) is 26.8 Å². The van der Waals surface area contributed by atoms with Crippen LogP contribution in [-0.2, 0) is 11.2 Å². The van der Waals surface area contributed by atoms with Gasteiger partial charge in [0.1, 0.15) is 23.8 Å². The number of nitrogens with zero attached hydrogens (tertiary/aromatic N) is 5. The number of hydrogen-bond donors (Lipinski definition) is 0. The summed E-state index contributed by atoms with van der Waals surface area (Å²) >= 11 is 0. The lowest BCUT2D eigenvalue weighted by Gasteiger charge is -2.07. The molecular weight excluding hydrogens is 254 g/mol. The second kappa shape index (κ2) is 4.77. The summed E-state index contributed by atoms with van der Waals surface area (Å²) in [6.45, 7) is 5.78. The average Bonchev–Trinajstić information content (AvgIpc) is 3.16. The highest BCUT2D eigenvalue weighted by Gasteiger charge is 2.39. The molecule has 0 aliphatic heterocycles. The van der Waals surface area contributed by atoms with Crippen molar-refractivity contribution in [1.29, 1.82) is 0 Å². The number of aryl methyl sites for hydroxylation is 3. The number of carbonyl (C=O) groups excluding carboxylic acids is 1. The van der Waals surface area contributed by atoms with Crippen LogP contribution in [0.5, 0.6) is 0 Å². The van der Waals surface area contributed by atoms with Crippen molar-refractivity contribution in [1.82, 2.24) is 24.7 Å². The summed E-state index contributed by atoms with van der Waals surface area (Å²) in [5, 5.41) is 4.36. The minimum atomic E-state index is 0.112. The number of rotatable bonds is 4. The van der Waals surface area contributed by atoms with Crippen molar-refractivity contribution in [3.63, 3.8) is 0 Å². The van der Waals surface area contributed by atoms with E-state index in [9.17, 15) is 4.79 Å². The van der Waals surface area contributed by atoms with Crippen LogP contribution in [0.2, 0.25) is 0 Å². The Morgan fingerprint density at radius 1 is 1.35 bits per heavy atom. The molecule has 1 fully saturated rings. The van der Waals surface area contributed by atoms with Gasteiger partial charge in [0.2, 0.25) is 0 Å². The van der Waals surface area contributed by atoms with E-state index in [-0.39, 0.29) is 11.8 Å². The Hall–Kier alpha value is -2.11. The lowest BCUT2D eigenvalue weighted by Crippen LogP contribution is -2.08. The molecule has 0 spiro atoms. The summed E-state index contributed by atoms with van der Waals surface area (Å²) in [6.07, 6.45) is 2.66. The summed E-state index contributed by atoms with van der Waals surface area (Å²) in [5.41, 5.74) is 0.941. The van der Waals surface area contributed by atoms with Crippen LogP contribution in [0.15, 0.2) is 6.07 Å². The Balaban J connectivity index is 2.04. The summed E-state index contributed by atoms with van der Waals surface area (Å²) in [7, 11) is 0. The molecule has 6 nitrogen and oxygen atoms in total. The molecule has 3 rings (SSSR count). The molecule has 6 heteroatoms. The summed E-state index contributed by atoms with van der Waals surface area (Å²) < 4.78 is 1.73. The second-order valence-corrected chi connectivity index (χ2v) is 5.18. The maximum Gasteiger partial charge on any atom is 0.159 e. The fourth-order valence-electron chi connectivity index (χ4n) is 2.40. The number of aromatic nitrogens is 5. The van der Waals surface area contributed by atoms with Gasteiger partial charge in [-0.05, 0) is 20.3 Å². The lowest BCUT2D eigenvalue weighted by atomic mass is 10.2. The molecule has 1 saturated carbocycles. The lowest BCUT2D eigenvalue weighted by molar-refractivity contribution is -0.108. The van der Waals surface area contributed by atoms with Crippen molar-refractivity contribution in [2.24, 2.45) is 5.92 Å². The van der Waals surface area contributed by atoms with Gasteiger partial charge >= 0.3 is 0 Å². The summed E-state index contributed by atoms with van der Waals surface area (Å²) in [6, 6.07) is 1.93. The van der Waals surface area contributed by atoms with Gasteiger partial charge in [-0.3, -0.25) is 0 Å². The average molecular weight is 271 g/mol. The van der Waals surface area contributed by atoms with Crippen LogP contribution in [0.1, 0.15) is 42.4 Å². The maximum absolute atomic E-state index is 10.8. The van der Waals surface area contributed by atoms with Gasteiger partial charge in [0.05, 0.1) is 5.69 Å². The zero-order valence-corrected chi connectivity index (χ0v) is 11.9. The Bertz CT molecular complexity index is 664. The molecule has 0 bridgehead atoms. The van der Waals surface area contributed by atoms with E-state index < -0.39 is 0 Å². The molecule has 104 valence electrons. The Kier molecular flexibility index (Phi) is 3.08. The van der Waals surface area contributed by atoms with Crippen LogP contribution in [0.4, 0.5) is 0 Å². The Morgan fingerprint density at radius 3 is 2.70 bits per heavy atom. The fraction of sp³-hybridized carbons (Fsp3) is 0.500. The molecule has 1 aliphatic rings. The molecule has 20 heavy (non-hydrogen) atoms. The highest BCUT2D eigenvalue weighted by atomic mass is 16.1. The molecule has 0 radical (unpaired) electrons. The Labute approximate surface area is 117 Å². The van der Waals surface area contributed by atoms with Crippen molar-refractivity contribution in [2.75, 3.05) is 0 Å². The molecule has 0 N–H and O–H groups in total. The van der Waals surface area contributed by atoms with Crippen LogP contribution in [-0.4, -0.2) is 31.0 Å². The van der Waals surface area contributed by atoms with Gasteiger partial charge in [0.25, 0.3) is 0 Å². The van der Waals surface area contributed by atoms with E-state index in [1.54, 1.807) is 4.68 Å². The van der Waals surface area contributed by atoms with Gasteiger partial charge in [-0.15, -0.1) is 5.10 Å². The minimum absolute atomic E-state index is 0.112. The van der Waals surface area contributed by atoms with E-state index in [1.165, 1.54) is 0 Å². The van der Waals surface area contributed by atoms with Gasteiger partial charge in [0.15, 0.2) is 5.82 Å². The van der Waals surface area contributed by atoms with Gasteiger partial charge in [-0.2, -0.15) is 4.68 Å². The highest BCUT2D eigenvalue weighted by Crippen LogP contribution is 2.45. The fourth-order valence-corrected chi connectivity index (χ4v) is 2.40. The summed E-state index contributed by atoms with van der Waals surface area (Å²) in [4.78, 5) is 24.2. The smallest absolute Gasteiger partial charge is 0.159 e. The molecule has 2 aromatic rings. The van der Waals surface area contributed by atoms with Crippen molar-refractivity contribution in [3.8, 4) is 5.82 Å². The van der Waals surface area contributed by atoms with Gasteiger partial charge in [-0.25, -0.2) is 15.0 Å². The highest BCUT2D eigenvalue weighted by molar-refractivity contribution is 5.61. The molecule has 0 saturated heterocycles. The first kappa shape index (κ1) is 12.9. The van der Waals surface area contributed by atoms with E-state index in [2.05, 4.69) is 20.1 Å². The third kappa shape index (κ3) is 2.21. The number of hydrogen-bond acceptors (Lipinski definition) is 5. The number of carbonyl (C=O) groups is 1. The largest absolute Gasteiger partial charge is 0.303 e. The van der Waals surface area contributed by atoms with Crippen molar-refractivity contribution in [3.05, 3.63) is 29.2 Å². The van der Waals surface area contributed by atoms with E-state index in [0.717, 1.165) is 48.1 Å². The van der Waals surface area contributed by atoms with Gasteiger partial charge in [0, 0.05) is 24.3 Å². The quantitative estimate of drug-likeness (QED) is 0.789. The van der Waals surface area contributed by atoms with Crippen LogP contribution < -0.4 is 0 Å². The first-order chi connectivity index (χ1) is 9.62. The third-order valence-electron chi connectivity index (χ3n) is 3.58. The van der Waals surface area contributed by atoms with E-state index in [4.69, 9.17) is 0 Å². The van der Waals surface area contributed by atoms with Crippen LogP contribution >= 0.6 is 0 Å². The predicted octanol–water partition coefficient (Wildman–Crippen LogP) is 1.54. The standard InChI is InChI=1S/C14H17N5O/c1-4-13-16-12(11-5-10(11)7-20)6-14(17-13)19-9(3)15-8(2)18-19/h6-7,10-11H,4-5H2,1-3H3/t10-,11?/m1/s1.